The third-order valence-electron chi connectivity index (χ3n) is 6.38. The Bertz CT molecular complexity index is 1260. The highest BCUT2D eigenvalue weighted by atomic mass is 32.3. The van der Waals surface area contributed by atoms with Gasteiger partial charge in [-0.3, -0.25) is 14.5 Å². The molecule has 3 aromatic rings. The van der Waals surface area contributed by atoms with Crippen LogP contribution in [0.4, 0.5) is 0 Å². The highest BCUT2D eigenvalue weighted by Crippen LogP contribution is 2.54. The van der Waals surface area contributed by atoms with Gasteiger partial charge in [0.25, 0.3) is 0 Å². The van der Waals surface area contributed by atoms with Crippen LogP contribution in [0.25, 0.3) is 11.4 Å². The van der Waals surface area contributed by atoms with Gasteiger partial charge in [-0.2, -0.15) is 10.2 Å². The van der Waals surface area contributed by atoms with Crippen molar-refractivity contribution in [3.8, 4) is 11.4 Å². The van der Waals surface area contributed by atoms with Crippen molar-refractivity contribution < 1.29 is 4.18 Å². The highest BCUT2D eigenvalue weighted by molar-refractivity contribution is 8.29. The number of hydrogen-bond acceptors (Lipinski definition) is 7. The summed E-state index contributed by atoms with van der Waals surface area (Å²) in [6.07, 6.45) is 12.0. The Labute approximate surface area is 208 Å². The molecule has 3 heterocycles. The largest absolute Gasteiger partial charge is 0.332 e. The third kappa shape index (κ3) is 5.97. The minimum Gasteiger partial charge on any atom is -0.332 e. The average Bonchev–Trinajstić information content (AvgIpc) is 3.25. The lowest BCUT2D eigenvalue weighted by Crippen LogP contribution is -2.25. The first-order valence-electron chi connectivity index (χ1n) is 11.6. The molecule has 9 heteroatoms. The summed E-state index contributed by atoms with van der Waals surface area (Å²) in [5, 5.41) is 10.7. The first-order chi connectivity index (χ1) is 16.5. The summed E-state index contributed by atoms with van der Waals surface area (Å²) >= 11 is 0. The van der Waals surface area contributed by atoms with Crippen molar-refractivity contribution in [1.29, 1.82) is 0 Å². The molecule has 35 heavy (non-hydrogen) atoms. The maximum atomic E-state index is 12.5. The molecule has 0 bridgehead atoms. The van der Waals surface area contributed by atoms with Gasteiger partial charge in [-0.1, -0.05) is 39.0 Å². The predicted octanol–water partition coefficient (Wildman–Crippen LogP) is 4.06. The van der Waals surface area contributed by atoms with E-state index in [-0.39, 0.29) is 16.2 Å². The van der Waals surface area contributed by atoms with Gasteiger partial charge in [0.05, 0.1) is 19.4 Å². The van der Waals surface area contributed by atoms with Gasteiger partial charge in [0, 0.05) is 54.0 Å². The lowest BCUT2D eigenvalue weighted by molar-refractivity contribution is 0.338. The zero-order chi connectivity index (χ0) is 25.2. The summed E-state index contributed by atoms with van der Waals surface area (Å²) in [5.41, 5.74) is 3.26. The molecule has 2 aromatic heterocycles. The molecular weight excluding hydrogens is 460 g/mol. The molecule has 0 fully saturated rings. The molecule has 0 saturated carbocycles. The van der Waals surface area contributed by atoms with Crippen molar-refractivity contribution in [2.45, 2.75) is 44.6 Å². The van der Waals surface area contributed by atoms with Crippen LogP contribution in [0.2, 0.25) is 0 Å². The number of benzene rings is 1. The van der Waals surface area contributed by atoms with E-state index in [0.717, 1.165) is 23.2 Å². The molecule has 0 spiro atoms. The summed E-state index contributed by atoms with van der Waals surface area (Å²) in [6.45, 7) is 7.84. The second kappa shape index (κ2) is 9.91. The van der Waals surface area contributed by atoms with Crippen molar-refractivity contribution in [3.05, 3.63) is 76.0 Å². The van der Waals surface area contributed by atoms with Crippen LogP contribution >= 0.6 is 10.3 Å². The van der Waals surface area contributed by atoms with Crippen molar-refractivity contribution in [1.82, 2.24) is 24.8 Å². The van der Waals surface area contributed by atoms with E-state index < -0.39 is 10.3 Å². The van der Waals surface area contributed by atoms with Gasteiger partial charge in [-0.05, 0) is 24.1 Å². The maximum absolute atomic E-state index is 12.5. The van der Waals surface area contributed by atoms with Gasteiger partial charge in [-0.25, -0.2) is 9.97 Å². The summed E-state index contributed by atoms with van der Waals surface area (Å²) in [7, 11) is 0.711. The van der Waals surface area contributed by atoms with Crippen LogP contribution in [-0.4, -0.2) is 61.8 Å². The quantitative estimate of drug-likeness (QED) is 0.492. The number of nitrogens with zero attached hydrogens (tertiary/aromatic N) is 6. The van der Waals surface area contributed by atoms with Crippen molar-refractivity contribution in [2.24, 2.45) is 5.10 Å². The molecule has 1 aliphatic rings. The van der Waals surface area contributed by atoms with E-state index in [1.165, 1.54) is 0 Å². The molecule has 1 atom stereocenters. The molecule has 186 valence electrons. The monoisotopic (exact) mass is 494 g/mol. The maximum Gasteiger partial charge on any atom is 0.203 e. The lowest BCUT2D eigenvalue weighted by atomic mass is 10.1. The van der Waals surface area contributed by atoms with Crippen LogP contribution in [0.1, 0.15) is 43.6 Å². The van der Waals surface area contributed by atoms with Crippen molar-refractivity contribution >= 4 is 16.5 Å². The van der Waals surface area contributed by atoms with Gasteiger partial charge >= 0.3 is 0 Å². The Balaban J connectivity index is 1.47. The van der Waals surface area contributed by atoms with Gasteiger partial charge in [0.1, 0.15) is 11.7 Å². The average molecular weight is 495 g/mol. The van der Waals surface area contributed by atoms with E-state index in [1.54, 1.807) is 16.9 Å². The molecule has 0 saturated heterocycles. The Morgan fingerprint density at radius 3 is 2.51 bits per heavy atom. The number of aromatic nitrogens is 4. The first kappa shape index (κ1) is 25.1. The molecule has 1 unspecified atom stereocenters. The lowest BCUT2D eigenvalue weighted by Gasteiger charge is -2.43. The van der Waals surface area contributed by atoms with Crippen molar-refractivity contribution in [2.75, 3.05) is 26.1 Å². The fourth-order valence-electron chi connectivity index (χ4n) is 3.46. The predicted molar refractivity (Wildman–Crippen MR) is 143 cm³/mol. The molecule has 4 rings (SSSR count). The van der Waals surface area contributed by atoms with E-state index in [2.05, 4.69) is 53.5 Å². The van der Waals surface area contributed by atoms with Crippen LogP contribution in [-0.2, 0) is 17.2 Å². The highest BCUT2D eigenvalue weighted by Gasteiger charge is 2.28. The zero-order valence-electron chi connectivity index (χ0n) is 21.3. The van der Waals surface area contributed by atoms with E-state index in [4.69, 9.17) is 4.18 Å². The Morgan fingerprint density at radius 2 is 1.86 bits per heavy atom. The fraction of sp³-hybridized carbons (Fsp3) is 0.423. The zero-order valence-corrected chi connectivity index (χ0v) is 22.1. The van der Waals surface area contributed by atoms with Crippen LogP contribution in [0.15, 0.2) is 58.8 Å². The Morgan fingerprint density at radius 1 is 1.11 bits per heavy atom. The number of hydrogen-bond donors (Lipinski definition) is 0. The fourth-order valence-corrected chi connectivity index (χ4v) is 4.25. The van der Waals surface area contributed by atoms with E-state index >= 15 is 0 Å². The van der Waals surface area contributed by atoms with Crippen LogP contribution in [0, 0.1) is 0 Å². The second-order valence-electron chi connectivity index (χ2n) is 10.2. The molecule has 1 aromatic carbocycles. The summed E-state index contributed by atoms with van der Waals surface area (Å²) < 4.78 is 8.14. The topological polar surface area (TPSA) is 85.5 Å². The SMILES string of the molecule is CN1CC(n2ccc(=O)c(Cc3cccc(-c4ncc(COS(C)(C)C(C)(C)C)cn4)c3)n2)C=N1. The summed E-state index contributed by atoms with van der Waals surface area (Å²) in [5.74, 6) is 0.640. The molecule has 0 radical (unpaired) electrons. The number of likely N-dealkylation sites (N-methyl/N-ethyl adjacent to an activating group) is 1. The van der Waals surface area contributed by atoms with Crippen molar-refractivity contribution in [3.63, 3.8) is 0 Å². The van der Waals surface area contributed by atoms with Gasteiger partial charge < -0.3 is 4.18 Å². The summed E-state index contributed by atoms with van der Waals surface area (Å²) in [6, 6.07) is 9.54. The third-order valence-corrected chi connectivity index (χ3v) is 10.0. The minimum absolute atomic E-state index is 0.0251. The molecule has 0 amide bonds. The van der Waals surface area contributed by atoms with Crippen LogP contribution in [0.5, 0.6) is 0 Å². The normalized spacial score (nSPS) is 16.6. The molecular formula is C26H34N6O2S. The first-order valence-corrected chi connectivity index (χ1v) is 14.0. The second-order valence-corrected chi connectivity index (χ2v) is 14.1. The van der Waals surface area contributed by atoms with Crippen LogP contribution < -0.4 is 5.43 Å². The molecule has 0 aliphatic carbocycles. The van der Waals surface area contributed by atoms with Gasteiger partial charge in [0.15, 0.2) is 5.82 Å². The smallest absolute Gasteiger partial charge is 0.203 e. The van der Waals surface area contributed by atoms with E-state index in [9.17, 15) is 4.79 Å². The molecule has 1 aliphatic heterocycles. The Kier molecular flexibility index (Phi) is 7.10. The van der Waals surface area contributed by atoms with Gasteiger partial charge in [-0.15, -0.1) is 10.3 Å². The van der Waals surface area contributed by atoms with E-state index in [1.807, 2.05) is 54.9 Å². The van der Waals surface area contributed by atoms with Gasteiger partial charge in [0.2, 0.25) is 5.43 Å². The summed E-state index contributed by atoms with van der Waals surface area (Å²) in [4.78, 5) is 21.6. The number of rotatable bonds is 7. The molecule has 0 N–H and O–H groups in total. The standard InChI is InChI=1S/C26H34N6O2S/c1-26(2,3)35(5,6)34-18-20-14-27-25(28-15-20)21-9-7-8-19(12-21)13-23-24(33)10-11-32(30-23)22-16-29-31(4)17-22/h7-12,14-16,22H,13,17-18H2,1-6H3. The number of hydrazone groups is 1. The molecule has 8 nitrogen and oxygen atoms in total. The van der Waals surface area contributed by atoms with E-state index in [0.29, 0.717) is 24.5 Å². The van der Waals surface area contributed by atoms with Crippen LogP contribution in [0.3, 0.4) is 0 Å². The Hall–Kier alpha value is -3.04. The minimum atomic E-state index is -1.21.